The van der Waals surface area contributed by atoms with Crippen LogP contribution >= 0.6 is 0 Å². The number of hydrogen-bond donors (Lipinski definition) is 3. The molecule has 1 aromatic rings. The summed E-state index contributed by atoms with van der Waals surface area (Å²) in [4.78, 5) is 25.6. The summed E-state index contributed by atoms with van der Waals surface area (Å²) >= 11 is 0. The lowest BCUT2D eigenvalue weighted by Gasteiger charge is -2.29. The van der Waals surface area contributed by atoms with Crippen LogP contribution in [0.1, 0.15) is 30.1 Å². The minimum Gasteiger partial charge on any atom is -0.367 e. The molecule has 0 aliphatic carbocycles. The molecule has 2 rings (SSSR count). The average molecular weight is 293 g/mol. The first-order valence-corrected chi connectivity index (χ1v) is 6.90. The maximum Gasteiger partial charge on any atom is 0.288 e. The summed E-state index contributed by atoms with van der Waals surface area (Å²) in [5.41, 5.74) is 5.08. The second-order valence-corrected chi connectivity index (χ2v) is 5.25. The molecule has 0 bridgehead atoms. The lowest BCUT2D eigenvalue weighted by molar-refractivity contribution is -0.385. The molecule has 0 radical (unpaired) electrons. The smallest absolute Gasteiger partial charge is 0.288 e. The van der Waals surface area contributed by atoms with E-state index < -0.39 is 10.8 Å². The van der Waals surface area contributed by atoms with Gasteiger partial charge < -0.3 is 16.4 Å². The largest absolute Gasteiger partial charge is 0.367 e. The van der Waals surface area contributed by atoms with E-state index in [0.717, 1.165) is 38.2 Å². The summed E-state index contributed by atoms with van der Waals surface area (Å²) < 4.78 is 0. The number of primary amides is 1. The summed E-state index contributed by atoms with van der Waals surface area (Å²) in [6.45, 7) is 3.92. The van der Waals surface area contributed by atoms with Gasteiger partial charge in [-0.2, -0.15) is 0 Å². The van der Waals surface area contributed by atoms with Gasteiger partial charge in [0.25, 0.3) is 11.6 Å². The Morgan fingerprint density at radius 3 is 3.00 bits per heavy atom. The van der Waals surface area contributed by atoms with E-state index in [9.17, 15) is 14.9 Å². The van der Waals surface area contributed by atoms with E-state index in [1.165, 1.54) is 0 Å². The van der Waals surface area contributed by atoms with Crippen LogP contribution in [0.5, 0.6) is 0 Å². The van der Waals surface area contributed by atoms with Gasteiger partial charge in [-0.15, -0.1) is 0 Å². The molecule has 0 aromatic carbocycles. The van der Waals surface area contributed by atoms with Crippen molar-refractivity contribution >= 4 is 17.4 Å². The zero-order valence-electron chi connectivity index (χ0n) is 11.8. The first-order valence-electron chi connectivity index (χ1n) is 6.90. The molecule has 8 nitrogen and oxygen atoms in total. The van der Waals surface area contributed by atoms with Gasteiger partial charge in [-0.3, -0.25) is 14.9 Å². The van der Waals surface area contributed by atoms with Gasteiger partial charge in [0.2, 0.25) is 0 Å². The fourth-order valence-corrected chi connectivity index (χ4v) is 2.50. The van der Waals surface area contributed by atoms with Crippen molar-refractivity contribution in [2.75, 3.05) is 18.4 Å². The Balaban J connectivity index is 2.18. The summed E-state index contributed by atoms with van der Waals surface area (Å²) in [7, 11) is 0. The summed E-state index contributed by atoms with van der Waals surface area (Å²) in [6, 6.07) is 1.24. The third-order valence-electron chi connectivity index (χ3n) is 3.76. The van der Waals surface area contributed by atoms with Gasteiger partial charge in [0.05, 0.1) is 10.5 Å². The van der Waals surface area contributed by atoms with Crippen LogP contribution in [0, 0.1) is 16.0 Å². The number of carbonyl (C=O) groups excluding carboxylic acids is 1. The van der Waals surface area contributed by atoms with Crippen LogP contribution in [0.3, 0.4) is 0 Å². The van der Waals surface area contributed by atoms with Crippen LogP contribution in [-0.2, 0) is 0 Å². The van der Waals surface area contributed by atoms with Crippen LogP contribution in [0.4, 0.5) is 11.5 Å². The highest BCUT2D eigenvalue weighted by molar-refractivity contribution is 5.98. The first kappa shape index (κ1) is 15.2. The lowest BCUT2D eigenvalue weighted by Crippen LogP contribution is -2.39. The molecule has 1 amide bonds. The first-order chi connectivity index (χ1) is 9.99. The van der Waals surface area contributed by atoms with Crippen LogP contribution in [0.15, 0.2) is 12.3 Å². The molecule has 4 N–H and O–H groups in total. The number of rotatable bonds is 5. The molecule has 114 valence electrons. The average Bonchev–Trinajstić information content (AvgIpc) is 2.48. The number of hydrogen-bond acceptors (Lipinski definition) is 6. The number of amides is 1. The Hall–Kier alpha value is -2.22. The van der Waals surface area contributed by atoms with Gasteiger partial charge in [-0.1, -0.05) is 0 Å². The van der Waals surface area contributed by atoms with Gasteiger partial charge >= 0.3 is 0 Å². The van der Waals surface area contributed by atoms with Gasteiger partial charge in [0, 0.05) is 12.1 Å². The predicted octanol–water partition coefficient (Wildman–Crippen LogP) is 0.889. The van der Waals surface area contributed by atoms with Crippen molar-refractivity contribution in [1.29, 1.82) is 0 Å². The molecule has 0 saturated carbocycles. The van der Waals surface area contributed by atoms with Crippen LogP contribution < -0.4 is 16.4 Å². The molecule has 1 saturated heterocycles. The number of nitrogens with one attached hydrogen (secondary N) is 2. The molecular weight excluding hydrogens is 274 g/mol. The molecule has 2 atom stereocenters. The predicted molar refractivity (Wildman–Crippen MR) is 78.1 cm³/mol. The van der Waals surface area contributed by atoms with Gasteiger partial charge in [-0.25, -0.2) is 4.98 Å². The Labute approximate surface area is 122 Å². The second kappa shape index (κ2) is 6.49. The Bertz CT molecular complexity index is 543. The molecule has 1 aliphatic heterocycles. The van der Waals surface area contributed by atoms with Gasteiger partial charge in [-0.05, 0) is 38.8 Å². The number of pyridine rings is 1. The molecule has 8 heteroatoms. The number of nitrogens with two attached hydrogens (primary N) is 1. The van der Waals surface area contributed by atoms with Crippen LogP contribution in [-0.4, -0.2) is 34.9 Å². The second-order valence-electron chi connectivity index (χ2n) is 5.25. The molecule has 1 fully saturated rings. The lowest BCUT2D eigenvalue weighted by atomic mass is 9.92. The highest BCUT2D eigenvalue weighted by Gasteiger charge is 2.23. The standard InChI is InChI=1S/C13H19N5O3/c1-8(9-3-2-4-15-6-9)17-13-11(12(14)19)5-10(7-16-13)18(20)21/h5,7-9,15H,2-4,6H2,1H3,(H2,14,19)(H,16,17). The number of piperidine rings is 1. The molecule has 21 heavy (non-hydrogen) atoms. The van der Waals surface area contributed by atoms with Crippen LogP contribution in [0.2, 0.25) is 0 Å². The van der Waals surface area contributed by atoms with Crippen molar-refractivity contribution in [3.8, 4) is 0 Å². The van der Waals surface area contributed by atoms with Crippen molar-refractivity contribution in [3.63, 3.8) is 0 Å². The van der Waals surface area contributed by atoms with Crippen molar-refractivity contribution in [3.05, 3.63) is 27.9 Å². The normalized spacial score (nSPS) is 19.8. The molecule has 0 spiro atoms. The van der Waals surface area contributed by atoms with E-state index in [2.05, 4.69) is 15.6 Å². The van der Waals surface area contributed by atoms with Gasteiger partial charge in [0.15, 0.2) is 0 Å². The molecule has 1 aliphatic rings. The SMILES string of the molecule is CC(Nc1ncc([N+](=O)[O-])cc1C(N)=O)C1CCCNC1. The maximum atomic E-state index is 11.5. The minimum absolute atomic E-state index is 0.0415. The highest BCUT2D eigenvalue weighted by Crippen LogP contribution is 2.22. The number of nitro groups is 1. The molecule has 2 heterocycles. The fraction of sp³-hybridized carbons (Fsp3) is 0.538. The van der Waals surface area contributed by atoms with E-state index in [1.807, 2.05) is 6.92 Å². The van der Waals surface area contributed by atoms with E-state index in [0.29, 0.717) is 11.7 Å². The Morgan fingerprint density at radius 2 is 2.43 bits per heavy atom. The number of carbonyl (C=O) groups is 1. The number of aromatic nitrogens is 1. The van der Waals surface area contributed by atoms with Crippen molar-refractivity contribution in [2.45, 2.75) is 25.8 Å². The zero-order valence-corrected chi connectivity index (χ0v) is 11.8. The molecule has 1 aromatic heterocycles. The maximum absolute atomic E-state index is 11.5. The highest BCUT2D eigenvalue weighted by atomic mass is 16.6. The third kappa shape index (κ3) is 3.66. The Morgan fingerprint density at radius 1 is 1.67 bits per heavy atom. The summed E-state index contributed by atoms with van der Waals surface area (Å²) in [6.07, 6.45) is 3.31. The Kier molecular flexibility index (Phi) is 4.69. The summed E-state index contributed by atoms with van der Waals surface area (Å²) in [5.74, 6) is -0.0229. The van der Waals surface area contributed by atoms with Crippen molar-refractivity contribution < 1.29 is 9.72 Å². The fourth-order valence-electron chi connectivity index (χ4n) is 2.50. The van der Waals surface area contributed by atoms with Gasteiger partial charge in [0.1, 0.15) is 12.0 Å². The minimum atomic E-state index is -0.734. The molecule has 2 unspecified atom stereocenters. The number of anilines is 1. The van der Waals surface area contributed by atoms with E-state index >= 15 is 0 Å². The quantitative estimate of drug-likeness (QED) is 0.547. The zero-order chi connectivity index (χ0) is 15.4. The third-order valence-corrected chi connectivity index (χ3v) is 3.76. The monoisotopic (exact) mass is 293 g/mol. The summed E-state index contributed by atoms with van der Waals surface area (Å²) in [5, 5.41) is 17.2. The topological polar surface area (TPSA) is 123 Å². The van der Waals surface area contributed by atoms with E-state index in [1.54, 1.807) is 0 Å². The van der Waals surface area contributed by atoms with Crippen molar-refractivity contribution in [2.24, 2.45) is 11.7 Å². The van der Waals surface area contributed by atoms with E-state index in [-0.39, 0.29) is 17.3 Å². The molecular formula is C13H19N5O3. The van der Waals surface area contributed by atoms with E-state index in [4.69, 9.17) is 5.73 Å². The number of nitrogens with zero attached hydrogens (tertiary/aromatic N) is 2. The van der Waals surface area contributed by atoms with Crippen LogP contribution in [0.25, 0.3) is 0 Å². The van der Waals surface area contributed by atoms with Crippen molar-refractivity contribution in [1.82, 2.24) is 10.3 Å².